The molecule has 1 fully saturated rings. The van der Waals surface area contributed by atoms with Gasteiger partial charge in [0.25, 0.3) is 5.91 Å². The van der Waals surface area contributed by atoms with Gasteiger partial charge in [0.15, 0.2) is 0 Å². The van der Waals surface area contributed by atoms with E-state index < -0.39 is 29.7 Å². The fourth-order valence-electron chi connectivity index (χ4n) is 2.51. The van der Waals surface area contributed by atoms with Crippen LogP contribution in [0.3, 0.4) is 0 Å². The molecular formula is C16H22ClNO5S. The van der Waals surface area contributed by atoms with Crippen molar-refractivity contribution in [3.05, 3.63) is 28.8 Å². The van der Waals surface area contributed by atoms with Crippen LogP contribution in [0.5, 0.6) is 0 Å². The highest BCUT2D eigenvalue weighted by atomic mass is 35.5. The lowest BCUT2D eigenvalue weighted by atomic mass is 9.92. The Morgan fingerprint density at radius 3 is 2.58 bits per heavy atom. The number of aliphatic hydroxyl groups excluding tert-OH is 3. The summed E-state index contributed by atoms with van der Waals surface area (Å²) < 4.78 is 5.61. The lowest BCUT2D eigenvalue weighted by Crippen LogP contribution is -2.53. The number of hydrogen-bond donors (Lipinski definition) is 3. The minimum absolute atomic E-state index is 0.189. The van der Waals surface area contributed by atoms with Gasteiger partial charge in [0.05, 0.1) is 24.4 Å². The van der Waals surface area contributed by atoms with Gasteiger partial charge in [-0.25, -0.2) is 0 Å². The molecule has 5 atom stereocenters. The average Bonchev–Trinajstić information content (AvgIpc) is 2.54. The summed E-state index contributed by atoms with van der Waals surface area (Å²) >= 11 is 7.20. The summed E-state index contributed by atoms with van der Waals surface area (Å²) in [5.41, 5.74) is -0.280. The Kier molecular flexibility index (Phi) is 6.52. The number of rotatable bonds is 4. The molecule has 0 spiro atoms. The van der Waals surface area contributed by atoms with E-state index >= 15 is 0 Å². The van der Waals surface area contributed by atoms with Gasteiger partial charge in [-0.3, -0.25) is 4.79 Å². The quantitative estimate of drug-likeness (QED) is 0.733. The standard InChI is InChI=1S/C16H22ClNO5S/c1-8-13(20)11(7-19)23-16(14(8)21)24-12-6-9(17)4-5-10(12)15(22)18(2)3/h4-6,8,11,13-14,16,19-21H,7H2,1-3H3/t8?,11?,13-,14?,16-/m1/s1. The summed E-state index contributed by atoms with van der Waals surface area (Å²) in [6, 6.07) is 4.90. The van der Waals surface area contributed by atoms with Gasteiger partial charge < -0.3 is 25.0 Å². The molecule has 0 radical (unpaired) electrons. The van der Waals surface area contributed by atoms with Crippen molar-refractivity contribution in [1.82, 2.24) is 4.90 Å². The predicted octanol–water partition coefficient (Wildman–Crippen LogP) is 1.21. The Morgan fingerprint density at radius 1 is 1.33 bits per heavy atom. The third kappa shape index (κ3) is 4.04. The van der Waals surface area contributed by atoms with Gasteiger partial charge in [0.1, 0.15) is 11.5 Å². The van der Waals surface area contributed by atoms with Crippen LogP contribution in [-0.4, -0.2) is 70.6 Å². The summed E-state index contributed by atoms with van der Waals surface area (Å²) in [5.74, 6) is -0.660. The first-order chi connectivity index (χ1) is 11.3. The van der Waals surface area contributed by atoms with Crippen molar-refractivity contribution in [1.29, 1.82) is 0 Å². The van der Waals surface area contributed by atoms with E-state index in [0.717, 1.165) is 11.8 Å². The van der Waals surface area contributed by atoms with E-state index in [1.165, 1.54) is 4.90 Å². The van der Waals surface area contributed by atoms with E-state index in [2.05, 4.69) is 0 Å². The van der Waals surface area contributed by atoms with Crippen molar-refractivity contribution in [2.24, 2.45) is 5.92 Å². The van der Waals surface area contributed by atoms with E-state index in [1.807, 2.05) is 0 Å². The summed E-state index contributed by atoms with van der Waals surface area (Å²) in [6.07, 6.45) is -2.69. The molecule has 0 saturated carbocycles. The van der Waals surface area contributed by atoms with Crippen LogP contribution < -0.4 is 0 Å². The van der Waals surface area contributed by atoms with E-state index in [1.54, 1.807) is 39.2 Å². The van der Waals surface area contributed by atoms with Gasteiger partial charge in [0.2, 0.25) is 0 Å². The number of thioether (sulfide) groups is 1. The van der Waals surface area contributed by atoms with Crippen LogP contribution in [-0.2, 0) is 4.74 Å². The highest BCUT2D eigenvalue weighted by molar-refractivity contribution is 8.00. The molecule has 3 N–H and O–H groups in total. The third-order valence-electron chi connectivity index (χ3n) is 4.05. The summed E-state index contributed by atoms with van der Waals surface area (Å²) in [7, 11) is 3.30. The van der Waals surface area contributed by atoms with Crippen LogP contribution in [0.2, 0.25) is 5.02 Å². The van der Waals surface area contributed by atoms with Gasteiger partial charge in [-0.2, -0.15) is 0 Å². The Hall–Kier alpha value is -0.830. The Morgan fingerprint density at radius 2 is 2.00 bits per heavy atom. The van der Waals surface area contributed by atoms with Crippen LogP contribution in [0.25, 0.3) is 0 Å². The lowest BCUT2D eigenvalue weighted by molar-refractivity contribution is -0.177. The van der Waals surface area contributed by atoms with Crippen LogP contribution in [0, 0.1) is 5.92 Å². The monoisotopic (exact) mass is 375 g/mol. The SMILES string of the molecule is CC1C(O)[C@@H](Sc2cc(Cl)ccc2C(=O)N(C)C)OC(CO)[C@@H]1O. The molecule has 8 heteroatoms. The first-order valence-corrected chi connectivity index (χ1v) is 8.82. The van der Waals surface area contributed by atoms with Crippen molar-refractivity contribution in [2.75, 3.05) is 20.7 Å². The van der Waals surface area contributed by atoms with E-state index in [9.17, 15) is 20.1 Å². The number of halogens is 1. The second-order valence-corrected chi connectivity index (χ2v) is 7.60. The number of aliphatic hydroxyl groups is 3. The molecule has 3 unspecified atom stereocenters. The first kappa shape index (κ1) is 19.5. The van der Waals surface area contributed by atoms with Gasteiger partial charge in [-0.05, 0) is 18.2 Å². The largest absolute Gasteiger partial charge is 0.394 e. The molecule has 6 nitrogen and oxygen atoms in total. The molecule has 1 aliphatic rings. The fourth-order valence-corrected chi connectivity index (χ4v) is 4.06. The molecule has 0 bridgehead atoms. The minimum Gasteiger partial charge on any atom is -0.394 e. The maximum absolute atomic E-state index is 12.3. The molecule has 0 aromatic heterocycles. The van der Waals surface area contributed by atoms with E-state index in [-0.39, 0.29) is 12.5 Å². The van der Waals surface area contributed by atoms with Gasteiger partial charge >= 0.3 is 0 Å². The zero-order valence-electron chi connectivity index (χ0n) is 13.7. The molecule has 1 amide bonds. The van der Waals surface area contributed by atoms with Crippen LogP contribution >= 0.6 is 23.4 Å². The third-order valence-corrected chi connectivity index (χ3v) is 5.50. The van der Waals surface area contributed by atoms with Crippen LogP contribution in [0.15, 0.2) is 23.1 Å². The van der Waals surface area contributed by atoms with Gasteiger partial charge in [-0.1, -0.05) is 30.3 Å². The molecular weight excluding hydrogens is 354 g/mol. The molecule has 1 aliphatic heterocycles. The maximum Gasteiger partial charge on any atom is 0.254 e. The first-order valence-electron chi connectivity index (χ1n) is 7.56. The van der Waals surface area contributed by atoms with E-state index in [4.69, 9.17) is 16.3 Å². The number of benzene rings is 1. The van der Waals surface area contributed by atoms with Crippen molar-refractivity contribution in [2.45, 2.75) is 35.6 Å². The highest BCUT2D eigenvalue weighted by Gasteiger charge is 2.42. The van der Waals surface area contributed by atoms with Crippen molar-refractivity contribution >= 4 is 29.3 Å². The van der Waals surface area contributed by atoms with Crippen molar-refractivity contribution in [3.63, 3.8) is 0 Å². The Bertz CT molecular complexity index is 598. The Labute approximate surface area is 150 Å². The number of hydrogen-bond acceptors (Lipinski definition) is 6. The predicted molar refractivity (Wildman–Crippen MR) is 92.3 cm³/mol. The summed E-state index contributed by atoms with van der Waals surface area (Å²) in [6.45, 7) is 1.34. The zero-order valence-corrected chi connectivity index (χ0v) is 15.3. The topological polar surface area (TPSA) is 90.2 Å². The van der Waals surface area contributed by atoms with E-state index in [0.29, 0.717) is 15.5 Å². The average molecular weight is 376 g/mol. The zero-order chi connectivity index (χ0) is 18.0. The molecule has 2 rings (SSSR count). The fraction of sp³-hybridized carbons (Fsp3) is 0.562. The van der Waals surface area contributed by atoms with Gasteiger partial charge in [-0.15, -0.1) is 0 Å². The van der Waals surface area contributed by atoms with Crippen LogP contribution in [0.4, 0.5) is 0 Å². The second-order valence-electron chi connectivity index (χ2n) is 6.02. The summed E-state index contributed by atoms with van der Waals surface area (Å²) in [4.78, 5) is 14.4. The normalized spacial score (nSPS) is 30.2. The summed E-state index contributed by atoms with van der Waals surface area (Å²) in [5, 5.41) is 30.2. The molecule has 24 heavy (non-hydrogen) atoms. The molecule has 1 aromatic carbocycles. The number of amides is 1. The van der Waals surface area contributed by atoms with Crippen molar-refractivity contribution in [3.8, 4) is 0 Å². The molecule has 134 valence electrons. The number of carbonyl (C=O) groups is 1. The maximum atomic E-state index is 12.3. The number of nitrogens with zero attached hydrogens (tertiary/aromatic N) is 1. The molecule has 1 aromatic rings. The van der Waals surface area contributed by atoms with Crippen LogP contribution in [0.1, 0.15) is 17.3 Å². The minimum atomic E-state index is -0.955. The molecule has 1 heterocycles. The smallest absolute Gasteiger partial charge is 0.254 e. The number of ether oxygens (including phenoxy) is 1. The molecule has 0 aliphatic carbocycles. The van der Waals surface area contributed by atoms with Crippen molar-refractivity contribution < 1.29 is 24.9 Å². The number of carbonyl (C=O) groups excluding carboxylic acids is 1. The highest BCUT2D eigenvalue weighted by Crippen LogP contribution is 2.38. The van der Waals surface area contributed by atoms with Gasteiger partial charge in [0, 0.05) is 29.9 Å². The molecule has 1 saturated heterocycles. The lowest BCUT2D eigenvalue weighted by Gasteiger charge is -2.40. The second kappa shape index (κ2) is 8.03. The Balaban J connectivity index is 2.29.